The molecule has 0 aliphatic carbocycles. The number of carbonyl (C=O) groups is 2. The van der Waals surface area contributed by atoms with Crippen LogP contribution in [0.15, 0.2) is 94.8 Å². The maximum Gasteiger partial charge on any atom is 0.301 e. The number of hydrogen-bond acceptors (Lipinski definition) is 9. The lowest BCUT2D eigenvalue weighted by Crippen LogP contribution is -2.29. The number of anilines is 1. The summed E-state index contributed by atoms with van der Waals surface area (Å²) >= 11 is 2.77. The van der Waals surface area contributed by atoms with Gasteiger partial charge >= 0.3 is 5.91 Å². The Kier molecular flexibility index (Phi) is 8.23. The van der Waals surface area contributed by atoms with E-state index in [1.807, 2.05) is 62.4 Å². The van der Waals surface area contributed by atoms with E-state index in [2.05, 4.69) is 34.5 Å². The average molecular weight is 650 g/mol. The van der Waals surface area contributed by atoms with Gasteiger partial charge in [-0.2, -0.15) is 0 Å². The van der Waals surface area contributed by atoms with E-state index >= 15 is 0 Å². The highest BCUT2D eigenvalue weighted by molar-refractivity contribution is 8.00. The van der Waals surface area contributed by atoms with Crippen LogP contribution in [-0.4, -0.2) is 39.7 Å². The number of benzene rings is 4. The highest BCUT2D eigenvalue weighted by atomic mass is 32.2. The first-order valence-corrected chi connectivity index (χ1v) is 17.0. The van der Waals surface area contributed by atoms with E-state index in [0.717, 1.165) is 23.1 Å². The number of thioether (sulfide) groups is 1. The summed E-state index contributed by atoms with van der Waals surface area (Å²) in [6.45, 7) is 4.52. The Morgan fingerprint density at radius 2 is 1.87 bits per heavy atom. The third kappa shape index (κ3) is 5.63. The molecule has 4 aromatic carbocycles. The van der Waals surface area contributed by atoms with Crippen LogP contribution in [0, 0.1) is 0 Å². The quantitative estimate of drug-likeness (QED) is 0.0570. The molecule has 5 aromatic rings. The monoisotopic (exact) mass is 649 g/mol. The third-order valence-electron chi connectivity index (χ3n) is 8.09. The van der Waals surface area contributed by atoms with Crippen molar-refractivity contribution in [3.8, 4) is 11.5 Å². The number of amides is 1. The predicted molar refractivity (Wildman–Crippen MR) is 181 cm³/mol. The molecule has 1 saturated heterocycles. The molecule has 1 aromatic heterocycles. The summed E-state index contributed by atoms with van der Waals surface area (Å²) < 4.78 is 12.4. The fourth-order valence-electron chi connectivity index (χ4n) is 5.98. The molecule has 7 rings (SSSR count). The lowest BCUT2D eigenvalue weighted by atomic mass is 9.94. The minimum absolute atomic E-state index is 0.00952. The minimum atomic E-state index is -0.933. The second-order valence-electron chi connectivity index (χ2n) is 11.3. The minimum Gasteiger partial charge on any atom is -0.507 e. The number of carbonyl (C=O) groups excluding carboxylic acids is 2. The van der Waals surface area contributed by atoms with Crippen LogP contribution >= 0.6 is 23.1 Å². The lowest BCUT2D eigenvalue weighted by Gasteiger charge is -2.23. The van der Waals surface area contributed by atoms with E-state index in [0.29, 0.717) is 40.0 Å². The number of aliphatic hydroxyl groups excluding tert-OH is 1. The molecule has 46 heavy (non-hydrogen) atoms. The smallest absolute Gasteiger partial charge is 0.301 e. The highest BCUT2D eigenvalue weighted by Gasteiger charge is 2.48. The van der Waals surface area contributed by atoms with Gasteiger partial charge in [0.05, 0.1) is 18.2 Å². The Morgan fingerprint density at radius 1 is 1.04 bits per heavy atom. The maximum absolute atomic E-state index is 13.8. The van der Waals surface area contributed by atoms with Crippen molar-refractivity contribution >= 4 is 56.5 Å². The van der Waals surface area contributed by atoms with Crippen molar-refractivity contribution in [2.75, 3.05) is 11.5 Å². The molecule has 2 aliphatic rings. The van der Waals surface area contributed by atoms with Gasteiger partial charge in [0, 0.05) is 17.7 Å². The van der Waals surface area contributed by atoms with E-state index in [1.54, 1.807) is 12.1 Å². The first-order valence-electron chi connectivity index (χ1n) is 15.2. The van der Waals surface area contributed by atoms with Crippen LogP contribution in [-0.2, 0) is 21.8 Å². The Balaban J connectivity index is 1.26. The molecule has 1 N–H and O–H groups in total. The summed E-state index contributed by atoms with van der Waals surface area (Å²) in [5.74, 6) is 0.221. The molecule has 1 amide bonds. The van der Waals surface area contributed by atoms with Gasteiger partial charge < -0.3 is 14.6 Å². The van der Waals surface area contributed by atoms with E-state index < -0.39 is 17.7 Å². The second kappa shape index (κ2) is 12.6. The van der Waals surface area contributed by atoms with Crippen LogP contribution in [0.4, 0.5) is 5.13 Å². The number of ether oxygens (including phenoxy) is 2. The summed E-state index contributed by atoms with van der Waals surface area (Å²) in [6, 6.07) is 26.1. The van der Waals surface area contributed by atoms with Crippen molar-refractivity contribution in [3.05, 3.63) is 113 Å². The zero-order valence-corrected chi connectivity index (χ0v) is 26.9. The molecule has 0 radical (unpaired) electrons. The SMILES string of the molecule is CCCOc1cccc(C2/C(=C(/O)c3ccc4c(c3)CC(C)O4)C(=O)C(=O)N2c2nnc(SCc3cccc4ccccc34)s2)c1. The van der Waals surface area contributed by atoms with E-state index in [-0.39, 0.29) is 22.6 Å². The molecule has 2 unspecified atom stereocenters. The van der Waals surface area contributed by atoms with E-state index in [1.165, 1.54) is 38.9 Å². The molecule has 1 fully saturated rings. The van der Waals surface area contributed by atoms with Crippen LogP contribution in [0.1, 0.15) is 48.6 Å². The fraction of sp³-hybridized carbons (Fsp3) is 0.222. The largest absolute Gasteiger partial charge is 0.507 e. The van der Waals surface area contributed by atoms with Gasteiger partial charge in [-0.3, -0.25) is 14.5 Å². The van der Waals surface area contributed by atoms with Crippen LogP contribution in [0.5, 0.6) is 11.5 Å². The van der Waals surface area contributed by atoms with Crippen molar-refractivity contribution in [1.29, 1.82) is 0 Å². The van der Waals surface area contributed by atoms with Crippen molar-refractivity contribution in [3.63, 3.8) is 0 Å². The Bertz CT molecular complexity index is 2000. The normalized spacial score (nSPS) is 18.6. The van der Waals surface area contributed by atoms with Gasteiger partial charge in [0.2, 0.25) is 5.13 Å². The zero-order valence-electron chi connectivity index (χ0n) is 25.3. The number of nitrogens with zero attached hydrogens (tertiary/aromatic N) is 3. The van der Waals surface area contributed by atoms with E-state index in [9.17, 15) is 14.7 Å². The summed E-state index contributed by atoms with van der Waals surface area (Å²) in [6.07, 6.45) is 1.54. The topological polar surface area (TPSA) is 102 Å². The molecule has 10 heteroatoms. The maximum atomic E-state index is 13.8. The lowest BCUT2D eigenvalue weighted by molar-refractivity contribution is -0.132. The van der Waals surface area contributed by atoms with Gasteiger partial charge in [-0.15, -0.1) is 10.2 Å². The number of rotatable bonds is 9. The Morgan fingerprint density at radius 3 is 2.74 bits per heavy atom. The molecular formula is C36H31N3O5S2. The Labute approximate surface area is 274 Å². The summed E-state index contributed by atoms with van der Waals surface area (Å²) in [5, 5.41) is 23.1. The number of aromatic nitrogens is 2. The molecule has 232 valence electrons. The van der Waals surface area contributed by atoms with Gasteiger partial charge in [0.1, 0.15) is 23.4 Å². The standard InChI is InChI=1S/C36H31N3O5S2/c1-3-16-43-27-12-7-10-23(19-27)31-30(32(40)24-14-15-29-26(18-24)17-21(2)44-29)33(41)34(42)39(31)35-37-38-36(46-35)45-20-25-11-6-9-22-8-4-5-13-28(22)25/h4-15,18-19,21,31,40H,3,16-17,20H2,1-2H3/b32-30-. The number of aliphatic hydroxyl groups is 1. The molecular weight excluding hydrogens is 619 g/mol. The first-order chi connectivity index (χ1) is 22.4. The van der Waals surface area contributed by atoms with Gasteiger partial charge in [0.15, 0.2) is 4.34 Å². The summed E-state index contributed by atoms with van der Waals surface area (Å²) in [4.78, 5) is 28.9. The van der Waals surface area contributed by atoms with Crippen molar-refractivity contribution in [2.24, 2.45) is 0 Å². The first kappa shape index (κ1) is 30.0. The van der Waals surface area contributed by atoms with Gasteiger partial charge in [-0.25, -0.2) is 0 Å². The van der Waals surface area contributed by atoms with Crippen LogP contribution in [0.2, 0.25) is 0 Å². The molecule has 0 spiro atoms. The second-order valence-corrected chi connectivity index (χ2v) is 13.5. The average Bonchev–Trinajstić information content (AvgIpc) is 3.77. The predicted octanol–water partition coefficient (Wildman–Crippen LogP) is 7.72. The van der Waals surface area contributed by atoms with Crippen LogP contribution in [0.3, 0.4) is 0 Å². The number of Topliss-reactive ketones (excluding diaryl/α,β-unsaturated/α-hetero) is 1. The highest BCUT2D eigenvalue weighted by Crippen LogP contribution is 2.45. The van der Waals surface area contributed by atoms with Gasteiger partial charge in [-0.1, -0.05) is 84.6 Å². The molecule has 8 nitrogen and oxygen atoms in total. The van der Waals surface area contributed by atoms with Crippen molar-refractivity contribution < 1.29 is 24.2 Å². The fourth-order valence-corrected chi connectivity index (χ4v) is 7.85. The van der Waals surface area contributed by atoms with Crippen LogP contribution in [0.25, 0.3) is 16.5 Å². The van der Waals surface area contributed by atoms with E-state index in [4.69, 9.17) is 9.47 Å². The van der Waals surface area contributed by atoms with Crippen molar-refractivity contribution in [2.45, 2.75) is 48.9 Å². The third-order valence-corrected chi connectivity index (χ3v) is 10.2. The molecule has 2 aliphatic heterocycles. The number of hydrogen-bond donors (Lipinski definition) is 1. The molecule has 2 atom stereocenters. The zero-order chi connectivity index (χ0) is 31.8. The molecule has 0 bridgehead atoms. The number of fused-ring (bicyclic) bond motifs is 2. The van der Waals surface area contributed by atoms with Crippen molar-refractivity contribution in [1.82, 2.24) is 10.2 Å². The molecule has 0 saturated carbocycles. The molecule has 3 heterocycles. The van der Waals surface area contributed by atoms with Gasteiger partial charge in [-0.05, 0) is 71.1 Å². The summed E-state index contributed by atoms with van der Waals surface area (Å²) in [5.41, 5.74) is 3.16. The Hall–Kier alpha value is -4.67. The number of ketones is 1. The van der Waals surface area contributed by atoms with Gasteiger partial charge in [0.25, 0.3) is 5.78 Å². The summed E-state index contributed by atoms with van der Waals surface area (Å²) in [7, 11) is 0. The van der Waals surface area contributed by atoms with Crippen LogP contribution < -0.4 is 14.4 Å².